The number of hydrogen-bond acceptors (Lipinski definition) is 4. The number of anilines is 1. The second-order valence-electron chi connectivity index (χ2n) is 10.2. The lowest BCUT2D eigenvalue weighted by Crippen LogP contribution is -2.53. The summed E-state index contributed by atoms with van der Waals surface area (Å²) in [6.45, 7) is 3.58. The van der Waals surface area contributed by atoms with Gasteiger partial charge in [-0.25, -0.2) is 8.42 Å². The van der Waals surface area contributed by atoms with Gasteiger partial charge in [-0.05, 0) is 67.6 Å². The molecule has 3 aromatic rings. The summed E-state index contributed by atoms with van der Waals surface area (Å²) < 4.78 is 29.6. The van der Waals surface area contributed by atoms with Crippen molar-refractivity contribution in [2.24, 2.45) is 0 Å². The molecular formula is C31H36BrN3O4S. The minimum atomic E-state index is -4.09. The highest BCUT2D eigenvalue weighted by atomic mass is 79.9. The summed E-state index contributed by atoms with van der Waals surface area (Å²) in [5.74, 6) is -0.646. The Morgan fingerprint density at radius 3 is 2.30 bits per heavy atom. The van der Waals surface area contributed by atoms with Gasteiger partial charge in [0.05, 0.1) is 10.6 Å². The Morgan fingerprint density at radius 1 is 0.975 bits per heavy atom. The number of benzene rings is 3. The first kappa shape index (κ1) is 29.8. The lowest BCUT2D eigenvalue weighted by atomic mass is 10.1. The van der Waals surface area contributed by atoms with Gasteiger partial charge in [-0.15, -0.1) is 0 Å². The predicted octanol–water partition coefficient (Wildman–Crippen LogP) is 5.82. The molecule has 0 radical (unpaired) electrons. The van der Waals surface area contributed by atoms with E-state index in [1.807, 2.05) is 38.1 Å². The van der Waals surface area contributed by atoms with Crippen molar-refractivity contribution in [3.8, 4) is 0 Å². The molecule has 0 saturated heterocycles. The Balaban J connectivity index is 1.71. The molecule has 7 nitrogen and oxygen atoms in total. The quantitative estimate of drug-likeness (QED) is 0.291. The molecule has 1 atom stereocenters. The maximum atomic E-state index is 14.2. The molecule has 0 aromatic heterocycles. The van der Waals surface area contributed by atoms with Crippen LogP contribution in [0.1, 0.15) is 50.2 Å². The van der Waals surface area contributed by atoms with E-state index in [9.17, 15) is 18.0 Å². The molecule has 4 rings (SSSR count). The van der Waals surface area contributed by atoms with Crippen LogP contribution < -0.4 is 9.62 Å². The molecule has 0 bridgehead atoms. The van der Waals surface area contributed by atoms with Crippen molar-refractivity contribution in [1.29, 1.82) is 0 Å². The van der Waals surface area contributed by atoms with E-state index in [2.05, 4.69) is 21.2 Å². The van der Waals surface area contributed by atoms with Crippen molar-refractivity contribution in [2.45, 2.75) is 69.5 Å². The van der Waals surface area contributed by atoms with Gasteiger partial charge in [-0.3, -0.25) is 13.9 Å². The lowest BCUT2D eigenvalue weighted by molar-refractivity contribution is -0.140. The minimum Gasteiger partial charge on any atom is -0.352 e. The van der Waals surface area contributed by atoms with E-state index in [4.69, 9.17) is 0 Å². The standard InChI is InChI=1S/C31H36BrN3O4S/c1-3-29(31(37)33-26-15-9-10-16-26)34(21-24-13-8-7-12-23(24)2)30(36)22-35(27-17-11-14-25(32)20-27)40(38,39)28-18-5-4-6-19-28/h4-8,11-14,17-20,26,29H,3,9-10,15-16,21-22H2,1-2H3,(H,33,37). The Kier molecular flexibility index (Phi) is 10.0. The Labute approximate surface area is 245 Å². The molecule has 1 saturated carbocycles. The third-order valence-electron chi connectivity index (χ3n) is 7.40. The normalized spacial score (nSPS) is 14.5. The van der Waals surface area contributed by atoms with Gasteiger partial charge >= 0.3 is 0 Å². The summed E-state index contributed by atoms with van der Waals surface area (Å²) in [6, 6.07) is 22.0. The van der Waals surface area contributed by atoms with Gasteiger partial charge in [0.15, 0.2) is 0 Å². The number of aryl methyl sites for hydroxylation is 1. The third kappa shape index (κ3) is 7.12. The summed E-state index contributed by atoms with van der Waals surface area (Å²) in [5, 5.41) is 3.14. The van der Waals surface area contributed by atoms with E-state index >= 15 is 0 Å². The van der Waals surface area contributed by atoms with Crippen LogP contribution >= 0.6 is 15.9 Å². The summed E-state index contributed by atoms with van der Waals surface area (Å²) >= 11 is 3.43. The zero-order chi connectivity index (χ0) is 28.7. The van der Waals surface area contributed by atoms with E-state index in [0.29, 0.717) is 16.6 Å². The minimum absolute atomic E-state index is 0.0826. The highest BCUT2D eigenvalue weighted by molar-refractivity contribution is 9.10. The monoisotopic (exact) mass is 625 g/mol. The second-order valence-corrected chi connectivity index (χ2v) is 12.9. The van der Waals surface area contributed by atoms with Gasteiger partial charge in [0, 0.05) is 17.1 Å². The zero-order valence-electron chi connectivity index (χ0n) is 22.9. The van der Waals surface area contributed by atoms with E-state index < -0.39 is 28.5 Å². The molecule has 40 heavy (non-hydrogen) atoms. The molecule has 212 valence electrons. The van der Waals surface area contributed by atoms with Gasteiger partial charge in [0.1, 0.15) is 12.6 Å². The van der Waals surface area contributed by atoms with Crippen molar-refractivity contribution in [1.82, 2.24) is 10.2 Å². The SMILES string of the molecule is CCC(C(=O)NC1CCCC1)N(Cc1ccccc1C)C(=O)CN(c1cccc(Br)c1)S(=O)(=O)c1ccccc1. The summed E-state index contributed by atoms with van der Waals surface area (Å²) in [4.78, 5) is 29.3. The molecule has 1 N–H and O–H groups in total. The molecule has 0 spiro atoms. The second kappa shape index (κ2) is 13.5. The highest BCUT2D eigenvalue weighted by Crippen LogP contribution is 2.27. The molecule has 1 aliphatic carbocycles. The van der Waals surface area contributed by atoms with Crippen LogP contribution in [0.3, 0.4) is 0 Å². The average Bonchev–Trinajstić information content (AvgIpc) is 3.46. The number of nitrogens with zero attached hydrogens (tertiary/aromatic N) is 2. The largest absolute Gasteiger partial charge is 0.352 e. The lowest BCUT2D eigenvalue weighted by Gasteiger charge is -2.34. The number of amides is 2. The van der Waals surface area contributed by atoms with Gasteiger partial charge < -0.3 is 10.2 Å². The van der Waals surface area contributed by atoms with E-state index in [1.54, 1.807) is 42.5 Å². The number of sulfonamides is 1. The van der Waals surface area contributed by atoms with E-state index in [1.165, 1.54) is 17.0 Å². The van der Waals surface area contributed by atoms with Crippen LogP contribution in [0.15, 0.2) is 88.2 Å². The van der Waals surface area contributed by atoms with Gasteiger partial charge in [-0.1, -0.05) is 84.2 Å². The Hall–Kier alpha value is -3.17. The number of rotatable bonds is 11. The van der Waals surface area contributed by atoms with Gasteiger partial charge in [0.2, 0.25) is 11.8 Å². The number of carbonyl (C=O) groups excluding carboxylic acids is 2. The van der Waals surface area contributed by atoms with Crippen LogP contribution in [0.25, 0.3) is 0 Å². The first-order chi connectivity index (χ1) is 19.2. The Bertz CT molecular complexity index is 1430. The fraction of sp³-hybridized carbons (Fsp3) is 0.355. The smallest absolute Gasteiger partial charge is 0.264 e. The van der Waals surface area contributed by atoms with Crippen LogP contribution in [-0.2, 0) is 26.2 Å². The van der Waals surface area contributed by atoms with Gasteiger partial charge in [-0.2, -0.15) is 0 Å². The molecule has 1 fully saturated rings. The van der Waals surface area contributed by atoms with Crippen LogP contribution in [0.2, 0.25) is 0 Å². The topological polar surface area (TPSA) is 86.8 Å². The maximum Gasteiger partial charge on any atom is 0.264 e. The molecule has 3 aromatic carbocycles. The van der Waals surface area contributed by atoms with Gasteiger partial charge in [0.25, 0.3) is 10.0 Å². The first-order valence-electron chi connectivity index (χ1n) is 13.7. The maximum absolute atomic E-state index is 14.2. The predicted molar refractivity (Wildman–Crippen MR) is 161 cm³/mol. The van der Waals surface area contributed by atoms with Crippen molar-refractivity contribution in [3.05, 3.63) is 94.5 Å². The Morgan fingerprint density at radius 2 is 1.65 bits per heavy atom. The fourth-order valence-electron chi connectivity index (χ4n) is 5.14. The van der Waals surface area contributed by atoms with Crippen molar-refractivity contribution < 1.29 is 18.0 Å². The number of nitrogens with one attached hydrogen (secondary N) is 1. The molecule has 9 heteroatoms. The van der Waals surface area contributed by atoms with E-state index in [-0.39, 0.29) is 23.4 Å². The number of hydrogen-bond donors (Lipinski definition) is 1. The average molecular weight is 627 g/mol. The van der Waals surface area contributed by atoms with Crippen LogP contribution in [0.4, 0.5) is 5.69 Å². The summed E-state index contributed by atoms with van der Waals surface area (Å²) in [5.41, 5.74) is 2.25. The van der Waals surface area contributed by atoms with Crippen LogP contribution in [0.5, 0.6) is 0 Å². The number of carbonyl (C=O) groups is 2. The van der Waals surface area contributed by atoms with Crippen molar-refractivity contribution in [2.75, 3.05) is 10.8 Å². The molecule has 1 aliphatic rings. The summed E-state index contributed by atoms with van der Waals surface area (Å²) in [6.07, 6.45) is 4.41. The molecular weight excluding hydrogens is 590 g/mol. The molecule has 1 unspecified atom stereocenters. The number of halogens is 1. The highest BCUT2D eigenvalue weighted by Gasteiger charge is 2.34. The van der Waals surface area contributed by atoms with Crippen LogP contribution in [-0.4, -0.2) is 43.8 Å². The van der Waals surface area contributed by atoms with Crippen LogP contribution in [0, 0.1) is 6.92 Å². The van der Waals surface area contributed by atoms with E-state index in [0.717, 1.165) is 41.1 Å². The third-order valence-corrected chi connectivity index (χ3v) is 9.68. The first-order valence-corrected chi connectivity index (χ1v) is 15.9. The molecule has 0 aliphatic heterocycles. The summed E-state index contributed by atoms with van der Waals surface area (Å²) in [7, 11) is -4.09. The van der Waals surface area contributed by atoms with Crippen molar-refractivity contribution >= 4 is 43.5 Å². The fourth-order valence-corrected chi connectivity index (χ4v) is 6.95. The molecule has 2 amide bonds. The molecule has 0 heterocycles. The van der Waals surface area contributed by atoms with Crippen molar-refractivity contribution in [3.63, 3.8) is 0 Å². The zero-order valence-corrected chi connectivity index (χ0v) is 25.3.